The Morgan fingerprint density at radius 1 is 1.29 bits per heavy atom. The number of non-ortho nitro benzene ring substituents is 1. The number of nitro groups is 1. The Morgan fingerprint density at radius 3 is 2.14 bits per heavy atom. The molecule has 1 aromatic carbocycles. The van der Waals surface area contributed by atoms with Crippen LogP contribution in [0.5, 0.6) is 0 Å². The quantitative estimate of drug-likeness (QED) is 0.454. The lowest BCUT2D eigenvalue weighted by Gasteiger charge is -1.96. The van der Waals surface area contributed by atoms with E-state index in [4.69, 9.17) is 5.73 Å². The van der Waals surface area contributed by atoms with E-state index in [1.165, 1.54) is 12.1 Å². The molecule has 0 aliphatic heterocycles. The zero-order valence-corrected chi connectivity index (χ0v) is 7.98. The molecule has 0 saturated heterocycles. The van der Waals surface area contributed by atoms with Crippen LogP contribution in [-0.4, -0.2) is 11.5 Å². The molecule has 0 bridgehead atoms. The van der Waals surface area contributed by atoms with Crippen LogP contribution in [0.25, 0.3) is 0 Å². The molecular weight excluding hydrogens is 180 g/mol. The number of hydrogen-bond donors (Lipinski definition) is 1. The van der Waals surface area contributed by atoms with E-state index in [0.717, 1.165) is 12.0 Å². The van der Waals surface area contributed by atoms with Crippen LogP contribution in [0.15, 0.2) is 37.4 Å². The molecule has 0 atom stereocenters. The van der Waals surface area contributed by atoms with E-state index >= 15 is 0 Å². The average molecular weight is 194 g/mol. The molecule has 4 nitrogen and oxygen atoms in total. The van der Waals surface area contributed by atoms with E-state index in [0.29, 0.717) is 6.54 Å². The molecule has 2 N–H and O–H groups in total. The first-order valence-corrected chi connectivity index (χ1v) is 4.17. The van der Waals surface area contributed by atoms with Crippen LogP contribution < -0.4 is 5.73 Å². The van der Waals surface area contributed by atoms with Gasteiger partial charge in [0.15, 0.2) is 0 Å². The summed E-state index contributed by atoms with van der Waals surface area (Å²) < 4.78 is 0. The Kier molecular flexibility index (Phi) is 5.98. The van der Waals surface area contributed by atoms with Gasteiger partial charge < -0.3 is 5.73 Å². The summed E-state index contributed by atoms with van der Waals surface area (Å²) >= 11 is 0. The van der Waals surface area contributed by atoms with Crippen molar-refractivity contribution in [3.05, 3.63) is 53.1 Å². The second-order valence-corrected chi connectivity index (χ2v) is 2.46. The van der Waals surface area contributed by atoms with Gasteiger partial charge in [0.2, 0.25) is 0 Å². The lowest BCUT2D eigenvalue weighted by molar-refractivity contribution is -0.384. The van der Waals surface area contributed by atoms with Crippen molar-refractivity contribution < 1.29 is 4.92 Å². The number of hydrogen-bond acceptors (Lipinski definition) is 3. The number of nitrogens with two attached hydrogens (primary N) is 1. The van der Waals surface area contributed by atoms with Gasteiger partial charge in [-0.15, -0.1) is 13.2 Å². The van der Waals surface area contributed by atoms with Crippen LogP contribution in [0.3, 0.4) is 0 Å². The zero-order valence-electron chi connectivity index (χ0n) is 7.98. The molecular formula is C10H14N2O2. The van der Waals surface area contributed by atoms with Crippen molar-refractivity contribution in [1.29, 1.82) is 0 Å². The SMILES string of the molecule is C=C.NCCc1ccc([N+](=O)[O-])cc1. The summed E-state index contributed by atoms with van der Waals surface area (Å²) in [6.07, 6.45) is 0.762. The molecule has 0 spiro atoms. The van der Waals surface area contributed by atoms with Gasteiger partial charge in [-0.2, -0.15) is 0 Å². The molecule has 0 aromatic heterocycles. The van der Waals surface area contributed by atoms with Crippen molar-refractivity contribution >= 4 is 5.69 Å². The molecule has 0 aliphatic rings. The van der Waals surface area contributed by atoms with Crippen molar-refractivity contribution in [2.24, 2.45) is 5.73 Å². The monoisotopic (exact) mass is 194 g/mol. The Balaban J connectivity index is 0.000000791. The van der Waals surface area contributed by atoms with Gasteiger partial charge in [0, 0.05) is 12.1 Å². The molecule has 1 aromatic rings. The molecule has 0 unspecified atom stereocenters. The molecule has 14 heavy (non-hydrogen) atoms. The first kappa shape index (κ1) is 12.3. The first-order chi connectivity index (χ1) is 6.74. The Bertz CT molecular complexity index is 283. The fourth-order valence-electron chi connectivity index (χ4n) is 0.951. The van der Waals surface area contributed by atoms with Gasteiger partial charge in [-0.1, -0.05) is 12.1 Å². The maximum absolute atomic E-state index is 10.3. The van der Waals surface area contributed by atoms with Crippen molar-refractivity contribution in [3.63, 3.8) is 0 Å². The Morgan fingerprint density at radius 2 is 1.79 bits per heavy atom. The smallest absolute Gasteiger partial charge is 0.269 e. The fourth-order valence-corrected chi connectivity index (χ4v) is 0.951. The van der Waals surface area contributed by atoms with E-state index < -0.39 is 4.92 Å². The van der Waals surface area contributed by atoms with Gasteiger partial charge in [-0.05, 0) is 18.5 Å². The normalized spacial score (nSPS) is 8.64. The molecule has 0 fully saturated rings. The highest BCUT2D eigenvalue weighted by Gasteiger charge is 2.02. The molecule has 0 saturated carbocycles. The van der Waals surface area contributed by atoms with Gasteiger partial charge in [-0.25, -0.2) is 0 Å². The van der Waals surface area contributed by atoms with E-state index in [9.17, 15) is 10.1 Å². The second-order valence-electron chi connectivity index (χ2n) is 2.46. The summed E-state index contributed by atoms with van der Waals surface area (Å²) in [6, 6.07) is 6.44. The minimum Gasteiger partial charge on any atom is -0.330 e. The summed E-state index contributed by atoms with van der Waals surface area (Å²) in [5, 5.41) is 10.3. The number of nitro benzene ring substituents is 1. The van der Waals surface area contributed by atoms with Crippen molar-refractivity contribution in [2.45, 2.75) is 6.42 Å². The van der Waals surface area contributed by atoms with Crippen LogP contribution in [0.2, 0.25) is 0 Å². The standard InChI is InChI=1S/C8H10N2O2.C2H4/c9-6-5-7-1-3-8(4-2-7)10(11)12;1-2/h1-4H,5-6,9H2;1-2H2. The fraction of sp³-hybridized carbons (Fsp3) is 0.200. The maximum atomic E-state index is 10.3. The number of rotatable bonds is 3. The highest BCUT2D eigenvalue weighted by atomic mass is 16.6. The van der Waals surface area contributed by atoms with Crippen LogP contribution in [0, 0.1) is 10.1 Å². The second kappa shape index (κ2) is 6.80. The topological polar surface area (TPSA) is 69.2 Å². The van der Waals surface area contributed by atoms with E-state index in [1.54, 1.807) is 12.1 Å². The lowest BCUT2D eigenvalue weighted by Crippen LogP contribution is -2.02. The minimum absolute atomic E-state index is 0.121. The van der Waals surface area contributed by atoms with Crippen LogP contribution in [0.4, 0.5) is 5.69 Å². The summed E-state index contributed by atoms with van der Waals surface area (Å²) in [5.74, 6) is 0. The van der Waals surface area contributed by atoms with Crippen molar-refractivity contribution in [3.8, 4) is 0 Å². The number of benzene rings is 1. The highest BCUT2D eigenvalue weighted by Crippen LogP contribution is 2.11. The van der Waals surface area contributed by atoms with E-state index in [2.05, 4.69) is 13.2 Å². The van der Waals surface area contributed by atoms with Gasteiger partial charge in [0.05, 0.1) is 4.92 Å². The third-order valence-electron chi connectivity index (χ3n) is 1.58. The maximum Gasteiger partial charge on any atom is 0.269 e. The van der Waals surface area contributed by atoms with Gasteiger partial charge in [-0.3, -0.25) is 10.1 Å². The molecule has 4 heteroatoms. The summed E-state index contributed by atoms with van der Waals surface area (Å²) in [5.41, 5.74) is 6.48. The van der Waals surface area contributed by atoms with Crippen LogP contribution >= 0.6 is 0 Å². The average Bonchev–Trinajstić information content (AvgIpc) is 2.22. The van der Waals surface area contributed by atoms with Crippen molar-refractivity contribution in [1.82, 2.24) is 0 Å². The van der Waals surface area contributed by atoms with Crippen LogP contribution in [-0.2, 0) is 6.42 Å². The molecule has 0 aliphatic carbocycles. The summed E-state index contributed by atoms with van der Waals surface area (Å²) in [6.45, 7) is 6.57. The van der Waals surface area contributed by atoms with E-state index in [-0.39, 0.29) is 5.69 Å². The molecule has 0 heterocycles. The van der Waals surface area contributed by atoms with Gasteiger partial charge >= 0.3 is 0 Å². The van der Waals surface area contributed by atoms with Crippen LogP contribution in [0.1, 0.15) is 5.56 Å². The van der Waals surface area contributed by atoms with Gasteiger partial charge in [0.1, 0.15) is 0 Å². The molecule has 0 amide bonds. The van der Waals surface area contributed by atoms with Gasteiger partial charge in [0.25, 0.3) is 5.69 Å². The Labute approximate surface area is 83.2 Å². The third-order valence-corrected chi connectivity index (χ3v) is 1.58. The predicted octanol–water partition coefficient (Wildman–Crippen LogP) is 1.90. The minimum atomic E-state index is -0.410. The lowest BCUT2D eigenvalue weighted by atomic mass is 10.1. The Hall–Kier alpha value is -1.68. The predicted molar refractivity (Wildman–Crippen MR) is 57.1 cm³/mol. The third kappa shape index (κ3) is 3.82. The van der Waals surface area contributed by atoms with E-state index in [1.807, 2.05) is 0 Å². The molecule has 0 radical (unpaired) electrons. The largest absolute Gasteiger partial charge is 0.330 e. The summed E-state index contributed by atoms with van der Waals surface area (Å²) in [4.78, 5) is 9.84. The van der Waals surface area contributed by atoms with Crippen molar-refractivity contribution in [2.75, 3.05) is 6.54 Å². The number of nitrogens with zero attached hydrogens (tertiary/aromatic N) is 1. The molecule has 1 rings (SSSR count). The highest BCUT2D eigenvalue weighted by molar-refractivity contribution is 5.32. The molecule has 76 valence electrons. The zero-order chi connectivity index (χ0) is 11.0. The summed E-state index contributed by atoms with van der Waals surface area (Å²) in [7, 11) is 0. The first-order valence-electron chi connectivity index (χ1n) is 4.17.